The maximum absolute atomic E-state index is 12.7. The van der Waals surface area contributed by atoms with Gasteiger partial charge in [-0.2, -0.15) is 0 Å². The molecule has 0 saturated heterocycles. The van der Waals surface area contributed by atoms with Gasteiger partial charge in [-0.25, -0.2) is 4.79 Å². The predicted octanol–water partition coefficient (Wildman–Crippen LogP) is 0.669. The predicted molar refractivity (Wildman–Crippen MR) is 99.8 cm³/mol. The van der Waals surface area contributed by atoms with Crippen molar-refractivity contribution in [1.82, 2.24) is 10.6 Å². The highest BCUT2D eigenvalue weighted by atomic mass is 16.6. The van der Waals surface area contributed by atoms with Crippen LogP contribution in [0.4, 0.5) is 4.79 Å². The van der Waals surface area contributed by atoms with Crippen LogP contribution in [-0.2, 0) is 11.3 Å². The molecule has 1 unspecified atom stereocenters. The maximum Gasteiger partial charge on any atom is 0.321 e. The van der Waals surface area contributed by atoms with E-state index in [1.807, 2.05) is 55.6 Å². The summed E-state index contributed by atoms with van der Waals surface area (Å²) in [4.78, 5) is 25.3. The van der Waals surface area contributed by atoms with Crippen molar-refractivity contribution in [2.45, 2.75) is 12.6 Å². The summed E-state index contributed by atoms with van der Waals surface area (Å²) in [5, 5.41) is 4.80. The minimum atomic E-state index is -0.531. The van der Waals surface area contributed by atoms with E-state index in [2.05, 4.69) is 10.6 Å². The zero-order valence-electron chi connectivity index (χ0n) is 15.5. The first-order valence-electron chi connectivity index (χ1n) is 8.87. The number of likely N-dealkylation sites (N-methyl/N-ethyl adjacent to an activating group) is 1. The molecule has 7 nitrogen and oxygen atoms in total. The van der Waals surface area contributed by atoms with E-state index in [0.29, 0.717) is 19.8 Å². The van der Waals surface area contributed by atoms with Gasteiger partial charge in [-0.3, -0.25) is 10.1 Å². The number of fused-ring (bicyclic) bond motifs is 1. The summed E-state index contributed by atoms with van der Waals surface area (Å²) in [5.74, 6) is 1.10. The van der Waals surface area contributed by atoms with Gasteiger partial charge in [0.05, 0.1) is 7.05 Å². The fourth-order valence-electron chi connectivity index (χ4n) is 3.17. The molecule has 0 bridgehead atoms. The van der Waals surface area contributed by atoms with E-state index in [0.717, 1.165) is 27.5 Å². The second-order valence-electron chi connectivity index (χ2n) is 6.41. The fourth-order valence-corrected chi connectivity index (χ4v) is 3.17. The number of hydrogen-bond acceptors (Lipinski definition) is 4. The highest BCUT2D eigenvalue weighted by Gasteiger charge is 2.30. The molecule has 2 aromatic carbocycles. The third-order valence-electron chi connectivity index (χ3n) is 4.44. The van der Waals surface area contributed by atoms with Crippen LogP contribution in [0.3, 0.4) is 0 Å². The molecule has 2 atom stereocenters. The number of carbonyl (C=O) groups is 2. The number of hydrogen-bond donors (Lipinski definition) is 3. The Kier molecular flexibility index (Phi) is 5.93. The van der Waals surface area contributed by atoms with Gasteiger partial charge in [0.2, 0.25) is 0 Å². The number of amides is 3. The van der Waals surface area contributed by atoms with Gasteiger partial charge < -0.3 is 19.7 Å². The topological polar surface area (TPSA) is 81.1 Å². The van der Waals surface area contributed by atoms with Crippen LogP contribution in [0.15, 0.2) is 48.5 Å². The van der Waals surface area contributed by atoms with Gasteiger partial charge in [0.25, 0.3) is 5.91 Å². The third-order valence-corrected chi connectivity index (χ3v) is 4.44. The van der Waals surface area contributed by atoms with Crippen LogP contribution < -0.4 is 25.0 Å². The van der Waals surface area contributed by atoms with Gasteiger partial charge in [0, 0.05) is 18.2 Å². The van der Waals surface area contributed by atoms with Gasteiger partial charge >= 0.3 is 6.03 Å². The van der Waals surface area contributed by atoms with Gasteiger partial charge in [0.1, 0.15) is 19.8 Å². The molecule has 0 fully saturated rings. The molecular formula is C20H24N3O4+. The first-order chi connectivity index (χ1) is 13.1. The van der Waals surface area contributed by atoms with E-state index in [1.54, 1.807) is 0 Å². The molecule has 0 radical (unpaired) electrons. The molecule has 0 saturated carbocycles. The Hall–Kier alpha value is -3.06. The monoisotopic (exact) mass is 370 g/mol. The molecule has 0 spiro atoms. The molecule has 27 heavy (non-hydrogen) atoms. The molecule has 3 rings (SSSR count). The van der Waals surface area contributed by atoms with Crippen molar-refractivity contribution in [3.05, 3.63) is 59.7 Å². The highest BCUT2D eigenvalue weighted by Crippen LogP contribution is 2.30. The van der Waals surface area contributed by atoms with E-state index < -0.39 is 12.1 Å². The van der Waals surface area contributed by atoms with Crippen LogP contribution in [0.5, 0.6) is 11.5 Å². The Labute approximate surface area is 158 Å². The maximum atomic E-state index is 12.7. The molecule has 1 heterocycles. The zero-order valence-corrected chi connectivity index (χ0v) is 15.5. The van der Waals surface area contributed by atoms with E-state index in [4.69, 9.17) is 9.47 Å². The number of rotatable bonds is 5. The summed E-state index contributed by atoms with van der Waals surface area (Å²) in [5.41, 5.74) is 1.86. The van der Waals surface area contributed by atoms with Crippen LogP contribution in [-0.4, -0.2) is 39.2 Å². The average Bonchev–Trinajstić information content (AvgIpc) is 2.68. The Morgan fingerprint density at radius 3 is 2.48 bits per heavy atom. The number of urea groups is 1. The molecule has 3 amide bonds. The van der Waals surface area contributed by atoms with E-state index in [-0.39, 0.29) is 5.91 Å². The van der Waals surface area contributed by atoms with Crippen molar-refractivity contribution in [1.29, 1.82) is 0 Å². The number of ether oxygens (including phenoxy) is 2. The summed E-state index contributed by atoms with van der Waals surface area (Å²) in [6.45, 7) is 1.66. The zero-order chi connectivity index (χ0) is 19.2. The largest absolute Gasteiger partial charge is 0.486 e. The first kappa shape index (κ1) is 18.7. The summed E-state index contributed by atoms with van der Waals surface area (Å²) in [6, 6.07) is 14.2. The molecule has 3 N–H and O–H groups in total. The number of carbonyl (C=O) groups excluding carboxylic acids is 2. The highest BCUT2D eigenvalue weighted by molar-refractivity contribution is 5.96. The molecule has 142 valence electrons. The second kappa shape index (κ2) is 8.55. The Morgan fingerprint density at radius 1 is 1.07 bits per heavy atom. The van der Waals surface area contributed by atoms with Crippen molar-refractivity contribution >= 4 is 11.9 Å². The van der Waals surface area contributed by atoms with Crippen molar-refractivity contribution in [3.63, 3.8) is 0 Å². The van der Waals surface area contributed by atoms with Crippen molar-refractivity contribution in [2.24, 2.45) is 0 Å². The number of quaternary nitrogens is 1. The molecule has 1 aliphatic rings. The molecule has 0 aromatic heterocycles. The smallest absolute Gasteiger partial charge is 0.321 e. The SMILES string of the molecule is CNC(=O)NC(=O)[C@H](c1ccccc1)[NH+](C)Cc1ccc2c(c1)OCCO2. The van der Waals surface area contributed by atoms with Crippen molar-refractivity contribution in [3.8, 4) is 11.5 Å². The van der Waals surface area contributed by atoms with Gasteiger partial charge in [0.15, 0.2) is 17.5 Å². The van der Waals surface area contributed by atoms with Crippen LogP contribution in [0.1, 0.15) is 17.2 Å². The standard InChI is InChI=1S/C20H23N3O4/c1-21-20(25)22-19(24)18(15-6-4-3-5-7-15)23(2)13-14-8-9-16-17(12-14)27-11-10-26-16/h3-9,12,18H,10-11,13H2,1-2H3,(H2,21,22,24,25)/p+1/t18-/m0/s1. The summed E-state index contributed by atoms with van der Waals surface area (Å²) in [6.07, 6.45) is 0. The molecule has 2 aromatic rings. The van der Waals surface area contributed by atoms with Crippen LogP contribution >= 0.6 is 0 Å². The van der Waals surface area contributed by atoms with Crippen molar-refractivity contribution < 1.29 is 24.0 Å². The van der Waals surface area contributed by atoms with Crippen molar-refractivity contribution in [2.75, 3.05) is 27.3 Å². The van der Waals surface area contributed by atoms with E-state index >= 15 is 0 Å². The van der Waals surface area contributed by atoms with E-state index in [9.17, 15) is 9.59 Å². The minimum absolute atomic E-state index is 0.351. The van der Waals surface area contributed by atoms with Crippen LogP contribution in [0, 0.1) is 0 Å². The number of nitrogens with one attached hydrogen (secondary N) is 3. The third kappa shape index (κ3) is 4.57. The lowest BCUT2D eigenvalue weighted by atomic mass is 10.0. The minimum Gasteiger partial charge on any atom is -0.486 e. The Balaban J connectivity index is 1.81. The normalized spacial score (nSPS) is 14.7. The first-order valence-corrected chi connectivity index (χ1v) is 8.87. The van der Waals surface area contributed by atoms with Gasteiger partial charge in [-0.1, -0.05) is 30.3 Å². The fraction of sp³-hybridized carbons (Fsp3) is 0.300. The van der Waals surface area contributed by atoms with Crippen LogP contribution in [0.25, 0.3) is 0 Å². The quantitative estimate of drug-likeness (QED) is 0.723. The number of imide groups is 1. The van der Waals surface area contributed by atoms with Gasteiger partial charge in [-0.05, 0) is 18.2 Å². The van der Waals surface area contributed by atoms with Gasteiger partial charge in [-0.15, -0.1) is 0 Å². The molecule has 1 aliphatic heterocycles. The summed E-state index contributed by atoms with van der Waals surface area (Å²) >= 11 is 0. The number of benzene rings is 2. The average molecular weight is 370 g/mol. The summed E-state index contributed by atoms with van der Waals surface area (Å²) in [7, 11) is 3.41. The molecule has 7 heteroatoms. The Morgan fingerprint density at radius 2 is 1.78 bits per heavy atom. The lowest BCUT2D eigenvalue weighted by Gasteiger charge is -2.25. The van der Waals surface area contributed by atoms with E-state index in [1.165, 1.54) is 7.05 Å². The lowest BCUT2D eigenvalue weighted by molar-refractivity contribution is -0.916. The second-order valence-corrected chi connectivity index (χ2v) is 6.41. The molecule has 0 aliphatic carbocycles. The van der Waals surface area contributed by atoms with Crippen LogP contribution in [0.2, 0.25) is 0 Å². The molecular weight excluding hydrogens is 346 g/mol. The Bertz CT molecular complexity index is 810. The lowest BCUT2D eigenvalue weighted by Crippen LogP contribution is -3.09. The summed E-state index contributed by atoms with van der Waals surface area (Å²) < 4.78 is 11.2.